The molecule has 4 nitrogen and oxygen atoms in total. The Balaban J connectivity index is 2.03. The minimum Gasteiger partial charge on any atom is -0.389 e. The molecular weight excluding hydrogens is 296 g/mol. The van der Waals surface area contributed by atoms with Crippen molar-refractivity contribution < 1.29 is 9.53 Å². The highest BCUT2D eigenvalue weighted by atomic mass is 35.5. The second-order valence-electron chi connectivity index (χ2n) is 4.80. The number of thiocarbonyl (C=S) groups is 1. The number of benzene rings is 1. The summed E-state index contributed by atoms with van der Waals surface area (Å²) in [6, 6.07) is 5.04. The van der Waals surface area contributed by atoms with Crippen LogP contribution in [0.5, 0.6) is 0 Å². The quantitative estimate of drug-likeness (QED) is 0.839. The molecule has 0 bridgehead atoms. The number of hydrogen-bond acceptors (Lipinski definition) is 3. The fourth-order valence-electron chi connectivity index (χ4n) is 2.21. The van der Waals surface area contributed by atoms with E-state index in [9.17, 15) is 4.79 Å². The fourth-order valence-corrected chi connectivity index (χ4v) is 2.56. The van der Waals surface area contributed by atoms with E-state index in [1.165, 1.54) is 0 Å². The minimum absolute atomic E-state index is 0.00351. The summed E-state index contributed by atoms with van der Waals surface area (Å²) in [7, 11) is 0. The Kier molecular flexibility index (Phi) is 5.34. The zero-order chi connectivity index (χ0) is 14.5. The van der Waals surface area contributed by atoms with Crippen LogP contribution in [0.15, 0.2) is 18.2 Å². The van der Waals surface area contributed by atoms with Crippen molar-refractivity contribution in [1.82, 2.24) is 0 Å². The summed E-state index contributed by atoms with van der Waals surface area (Å²) >= 11 is 10.9. The molecule has 1 amide bonds. The lowest BCUT2D eigenvalue weighted by atomic mass is 10.1. The summed E-state index contributed by atoms with van der Waals surface area (Å²) in [5, 5.41) is 3.33. The number of carbonyl (C=O) groups is 1. The summed E-state index contributed by atoms with van der Waals surface area (Å²) in [5.41, 5.74) is 6.80. The SMILES string of the molecule is NC(=S)c1ccc(Cl)cc1NC(=O)CC1CCCCO1. The molecule has 1 aromatic rings. The second kappa shape index (κ2) is 7.02. The lowest BCUT2D eigenvalue weighted by Gasteiger charge is -2.22. The molecule has 1 aliphatic rings. The molecular formula is C14H17ClN2O2S. The van der Waals surface area contributed by atoms with Crippen LogP contribution in [0.25, 0.3) is 0 Å². The van der Waals surface area contributed by atoms with Crippen molar-refractivity contribution in [3.8, 4) is 0 Å². The normalized spacial score (nSPS) is 18.6. The molecule has 1 aliphatic heterocycles. The Bertz CT molecular complexity index is 516. The first kappa shape index (κ1) is 15.2. The first-order valence-electron chi connectivity index (χ1n) is 6.57. The van der Waals surface area contributed by atoms with Crippen LogP contribution in [-0.4, -0.2) is 23.6 Å². The first-order chi connectivity index (χ1) is 9.56. The van der Waals surface area contributed by atoms with E-state index in [4.69, 9.17) is 34.3 Å². The molecule has 0 spiro atoms. The van der Waals surface area contributed by atoms with E-state index < -0.39 is 0 Å². The van der Waals surface area contributed by atoms with E-state index in [-0.39, 0.29) is 17.0 Å². The van der Waals surface area contributed by atoms with Gasteiger partial charge in [0.25, 0.3) is 0 Å². The number of anilines is 1. The van der Waals surface area contributed by atoms with Gasteiger partial charge in [0.15, 0.2) is 0 Å². The second-order valence-corrected chi connectivity index (χ2v) is 5.67. The summed E-state index contributed by atoms with van der Waals surface area (Å²) in [5.74, 6) is -0.114. The largest absolute Gasteiger partial charge is 0.389 e. The Morgan fingerprint density at radius 2 is 2.30 bits per heavy atom. The molecule has 1 heterocycles. The zero-order valence-electron chi connectivity index (χ0n) is 11.0. The van der Waals surface area contributed by atoms with Gasteiger partial charge >= 0.3 is 0 Å². The molecule has 2 rings (SSSR count). The highest BCUT2D eigenvalue weighted by Crippen LogP contribution is 2.22. The van der Waals surface area contributed by atoms with Gasteiger partial charge in [0, 0.05) is 17.2 Å². The van der Waals surface area contributed by atoms with Crippen LogP contribution in [0.2, 0.25) is 5.02 Å². The maximum Gasteiger partial charge on any atom is 0.227 e. The molecule has 108 valence electrons. The van der Waals surface area contributed by atoms with E-state index in [0.717, 1.165) is 25.9 Å². The Hall–Kier alpha value is -1.17. The number of ether oxygens (including phenoxy) is 1. The number of carbonyl (C=O) groups excluding carboxylic acids is 1. The third-order valence-electron chi connectivity index (χ3n) is 3.21. The lowest BCUT2D eigenvalue weighted by Crippen LogP contribution is -2.26. The fraction of sp³-hybridized carbons (Fsp3) is 0.429. The van der Waals surface area contributed by atoms with Crippen molar-refractivity contribution in [2.45, 2.75) is 31.8 Å². The maximum absolute atomic E-state index is 12.0. The average Bonchev–Trinajstić information content (AvgIpc) is 2.39. The minimum atomic E-state index is -0.114. The molecule has 6 heteroatoms. The van der Waals surface area contributed by atoms with Gasteiger partial charge in [0.2, 0.25) is 5.91 Å². The molecule has 1 saturated heterocycles. The number of halogens is 1. The molecule has 20 heavy (non-hydrogen) atoms. The van der Waals surface area contributed by atoms with Gasteiger partial charge in [-0.1, -0.05) is 23.8 Å². The van der Waals surface area contributed by atoms with Gasteiger partial charge in [-0.2, -0.15) is 0 Å². The van der Waals surface area contributed by atoms with Gasteiger partial charge in [-0.05, 0) is 37.5 Å². The average molecular weight is 313 g/mol. The maximum atomic E-state index is 12.0. The van der Waals surface area contributed by atoms with Gasteiger partial charge in [-0.15, -0.1) is 0 Å². The van der Waals surface area contributed by atoms with Crippen LogP contribution >= 0.6 is 23.8 Å². The molecule has 1 fully saturated rings. The molecule has 1 unspecified atom stereocenters. The predicted octanol–water partition coefficient (Wildman–Crippen LogP) is 2.87. The molecule has 0 radical (unpaired) electrons. The molecule has 0 saturated carbocycles. The van der Waals surface area contributed by atoms with Gasteiger partial charge in [-0.25, -0.2) is 0 Å². The third-order valence-corrected chi connectivity index (χ3v) is 3.66. The van der Waals surface area contributed by atoms with Gasteiger partial charge in [0.05, 0.1) is 18.2 Å². The van der Waals surface area contributed by atoms with E-state index in [2.05, 4.69) is 5.32 Å². The monoisotopic (exact) mass is 312 g/mol. The highest BCUT2D eigenvalue weighted by Gasteiger charge is 2.18. The van der Waals surface area contributed by atoms with Crippen LogP contribution < -0.4 is 11.1 Å². The van der Waals surface area contributed by atoms with Crippen molar-refractivity contribution in [2.75, 3.05) is 11.9 Å². The Labute approximate surface area is 128 Å². The molecule has 3 N–H and O–H groups in total. The molecule has 0 aliphatic carbocycles. The van der Waals surface area contributed by atoms with E-state index in [1.54, 1.807) is 18.2 Å². The van der Waals surface area contributed by atoms with Crippen LogP contribution in [0.4, 0.5) is 5.69 Å². The topological polar surface area (TPSA) is 64.3 Å². The number of rotatable bonds is 4. The van der Waals surface area contributed by atoms with Gasteiger partial charge in [0.1, 0.15) is 4.99 Å². The van der Waals surface area contributed by atoms with E-state index in [1.807, 2.05) is 0 Å². The van der Waals surface area contributed by atoms with Crippen molar-refractivity contribution in [2.24, 2.45) is 5.73 Å². The molecule has 1 atom stereocenters. The Morgan fingerprint density at radius 3 is 2.95 bits per heavy atom. The molecule has 0 aromatic heterocycles. The first-order valence-corrected chi connectivity index (χ1v) is 7.35. The number of hydrogen-bond donors (Lipinski definition) is 2. The zero-order valence-corrected chi connectivity index (χ0v) is 12.6. The van der Waals surface area contributed by atoms with Crippen molar-refractivity contribution >= 4 is 40.4 Å². The van der Waals surface area contributed by atoms with Crippen LogP contribution in [0.3, 0.4) is 0 Å². The highest BCUT2D eigenvalue weighted by molar-refractivity contribution is 7.80. The van der Waals surface area contributed by atoms with Crippen molar-refractivity contribution in [1.29, 1.82) is 0 Å². The lowest BCUT2D eigenvalue weighted by molar-refractivity contribution is -0.119. The number of nitrogens with one attached hydrogen (secondary N) is 1. The standard InChI is InChI=1S/C14H17ClN2O2S/c15-9-4-5-11(14(16)20)12(7-9)17-13(18)8-10-3-1-2-6-19-10/h4-5,7,10H,1-3,6,8H2,(H2,16,20)(H,17,18). The predicted molar refractivity (Wildman–Crippen MR) is 84.2 cm³/mol. The third kappa shape index (κ3) is 4.16. The summed E-state index contributed by atoms with van der Waals surface area (Å²) in [6.07, 6.45) is 3.43. The van der Waals surface area contributed by atoms with E-state index in [0.29, 0.717) is 22.7 Å². The van der Waals surface area contributed by atoms with Crippen molar-refractivity contribution in [3.63, 3.8) is 0 Å². The van der Waals surface area contributed by atoms with Crippen LogP contribution in [-0.2, 0) is 9.53 Å². The van der Waals surface area contributed by atoms with Crippen molar-refractivity contribution in [3.05, 3.63) is 28.8 Å². The smallest absolute Gasteiger partial charge is 0.227 e. The molecule has 1 aromatic carbocycles. The number of nitrogens with two attached hydrogens (primary N) is 1. The van der Waals surface area contributed by atoms with Crippen LogP contribution in [0, 0.1) is 0 Å². The Morgan fingerprint density at radius 1 is 1.50 bits per heavy atom. The van der Waals surface area contributed by atoms with Gasteiger partial charge < -0.3 is 15.8 Å². The van der Waals surface area contributed by atoms with Gasteiger partial charge in [-0.3, -0.25) is 4.79 Å². The summed E-state index contributed by atoms with van der Waals surface area (Å²) in [6.45, 7) is 0.729. The summed E-state index contributed by atoms with van der Waals surface area (Å²) < 4.78 is 5.55. The van der Waals surface area contributed by atoms with E-state index >= 15 is 0 Å². The van der Waals surface area contributed by atoms with Crippen LogP contribution in [0.1, 0.15) is 31.2 Å². The number of amides is 1. The summed E-state index contributed by atoms with van der Waals surface area (Å²) in [4.78, 5) is 12.3.